The van der Waals surface area contributed by atoms with Gasteiger partial charge in [0.2, 0.25) is 0 Å². The lowest BCUT2D eigenvalue weighted by Crippen LogP contribution is -2.36. The molecule has 0 aliphatic heterocycles. The molecule has 0 saturated carbocycles. The SMILES string of the molecule is CN(CCc1ccc(-c2ccccc2)cc1)CNN. The highest BCUT2D eigenvalue weighted by atomic mass is 15.3. The van der Waals surface area contributed by atoms with Crippen LogP contribution in [0, 0.1) is 0 Å². The minimum atomic E-state index is 0.710. The number of nitrogens with one attached hydrogen (secondary N) is 1. The Morgan fingerprint density at radius 3 is 2.21 bits per heavy atom. The summed E-state index contributed by atoms with van der Waals surface area (Å²) >= 11 is 0. The van der Waals surface area contributed by atoms with E-state index in [-0.39, 0.29) is 0 Å². The van der Waals surface area contributed by atoms with Gasteiger partial charge in [-0.3, -0.25) is 10.7 Å². The first-order valence-electron chi connectivity index (χ1n) is 6.56. The molecule has 0 heterocycles. The van der Waals surface area contributed by atoms with Crippen molar-refractivity contribution in [1.82, 2.24) is 10.3 Å². The van der Waals surface area contributed by atoms with Gasteiger partial charge in [0.25, 0.3) is 0 Å². The Morgan fingerprint density at radius 1 is 0.947 bits per heavy atom. The summed E-state index contributed by atoms with van der Waals surface area (Å²) in [7, 11) is 2.05. The van der Waals surface area contributed by atoms with E-state index in [2.05, 4.69) is 65.9 Å². The van der Waals surface area contributed by atoms with E-state index in [1.54, 1.807) is 0 Å². The smallest absolute Gasteiger partial charge is 0.0610 e. The lowest BCUT2D eigenvalue weighted by molar-refractivity contribution is 0.313. The van der Waals surface area contributed by atoms with Gasteiger partial charge >= 0.3 is 0 Å². The summed E-state index contributed by atoms with van der Waals surface area (Å²) in [5.74, 6) is 5.29. The van der Waals surface area contributed by atoms with Crippen LogP contribution in [0.1, 0.15) is 5.56 Å². The average molecular weight is 255 g/mol. The van der Waals surface area contributed by atoms with E-state index in [0.29, 0.717) is 6.67 Å². The van der Waals surface area contributed by atoms with Gasteiger partial charge < -0.3 is 0 Å². The molecule has 0 aromatic heterocycles. The molecule has 2 aromatic carbocycles. The van der Waals surface area contributed by atoms with Crippen LogP contribution in [0.25, 0.3) is 11.1 Å². The summed E-state index contributed by atoms with van der Waals surface area (Å²) in [6.45, 7) is 1.71. The van der Waals surface area contributed by atoms with Crippen LogP contribution < -0.4 is 11.3 Å². The van der Waals surface area contributed by atoms with Crippen LogP contribution in [0.2, 0.25) is 0 Å². The van der Waals surface area contributed by atoms with E-state index in [1.165, 1.54) is 16.7 Å². The van der Waals surface area contributed by atoms with E-state index < -0.39 is 0 Å². The summed E-state index contributed by atoms with van der Waals surface area (Å²) in [4.78, 5) is 2.16. The zero-order chi connectivity index (χ0) is 13.5. The van der Waals surface area contributed by atoms with Gasteiger partial charge in [-0.25, -0.2) is 5.43 Å². The van der Waals surface area contributed by atoms with Gasteiger partial charge in [-0.15, -0.1) is 0 Å². The second-order valence-electron chi connectivity index (χ2n) is 4.75. The molecule has 0 saturated heterocycles. The number of nitrogens with two attached hydrogens (primary N) is 1. The van der Waals surface area contributed by atoms with E-state index in [4.69, 9.17) is 5.84 Å². The first-order valence-corrected chi connectivity index (χ1v) is 6.56. The topological polar surface area (TPSA) is 41.3 Å². The molecule has 0 unspecified atom stereocenters. The fourth-order valence-corrected chi connectivity index (χ4v) is 2.05. The number of hydrogen-bond donors (Lipinski definition) is 2. The van der Waals surface area contributed by atoms with Crippen molar-refractivity contribution in [3.05, 3.63) is 60.2 Å². The standard InChI is InChI=1S/C16H21N3/c1-19(13-18-17)12-11-14-7-9-16(10-8-14)15-5-3-2-4-6-15/h2-10,18H,11-13,17H2,1H3. The van der Waals surface area contributed by atoms with Crippen LogP contribution in [0.3, 0.4) is 0 Å². The molecular weight excluding hydrogens is 234 g/mol. The Balaban J connectivity index is 1.95. The van der Waals surface area contributed by atoms with Crippen LogP contribution in [0.4, 0.5) is 0 Å². The predicted octanol–water partition coefficient (Wildman–Crippen LogP) is 2.25. The van der Waals surface area contributed by atoms with Gasteiger partial charge in [-0.2, -0.15) is 0 Å². The van der Waals surface area contributed by atoms with Crippen molar-refractivity contribution in [2.45, 2.75) is 6.42 Å². The molecule has 0 fully saturated rings. The van der Waals surface area contributed by atoms with Crippen LogP contribution in [-0.2, 0) is 6.42 Å². The predicted molar refractivity (Wildman–Crippen MR) is 80.4 cm³/mol. The first-order chi connectivity index (χ1) is 9.29. The second-order valence-corrected chi connectivity index (χ2v) is 4.75. The van der Waals surface area contributed by atoms with E-state index in [9.17, 15) is 0 Å². The first kappa shape index (κ1) is 13.7. The van der Waals surface area contributed by atoms with Crippen molar-refractivity contribution >= 4 is 0 Å². The Bertz CT molecular complexity index is 479. The van der Waals surface area contributed by atoms with Gasteiger partial charge in [0.1, 0.15) is 0 Å². The minimum Gasteiger partial charge on any atom is -0.292 e. The highest BCUT2D eigenvalue weighted by molar-refractivity contribution is 5.63. The quantitative estimate of drug-likeness (QED) is 0.472. The largest absolute Gasteiger partial charge is 0.292 e. The lowest BCUT2D eigenvalue weighted by atomic mass is 10.0. The van der Waals surface area contributed by atoms with Gasteiger partial charge in [0, 0.05) is 6.54 Å². The van der Waals surface area contributed by atoms with Crippen LogP contribution in [0.15, 0.2) is 54.6 Å². The van der Waals surface area contributed by atoms with Crippen molar-refractivity contribution in [2.75, 3.05) is 20.3 Å². The van der Waals surface area contributed by atoms with Crippen molar-refractivity contribution < 1.29 is 0 Å². The van der Waals surface area contributed by atoms with Crippen molar-refractivity contribution in [3.8, 4) is 11.1 Å². The fourth-order valence-electron chi connectivity index (χ4n) is 2.05. The molecule has 0 spiro atoms. The molecule has 0 amide bonds. The molecule has 0 radical (unpaired) electrons. The molecule has 3 heteroatoms. The van der Waals surface area contributed by atoms with Gasteiger partial charge in [-0.05, 0) is 30.2 Å². The number of rotatable bonds is 6. The summed E-state index contributed by atoms with van der Waals surface area (Å²) in [6.07, 6.45) is 1.03. The maximum atomic E-state index is 5.29. The Kier molecular flexibility index (Phi) is 5.10. The monoisotopic (exact) mass is 255 g/mol. The molecule has 0 aliphatic carbocycles. The van der Waals surface area contributed by atoms with Crippen molar-refractivity contribution in [2.24, 2.45) is 5.84 Å². The number of benzene rings is 2. The molecule has 19 heavy (non-hydrogen) atoms. The minimum absolute atomic E-state index is 0.710. The Labute approximate surface area is 115 Å². The third-order valence-electron chi connectivity index (χ3n) is 3.20. The van der Waals surface area contributed by atoms with Crippen LogP contribution in [0.5, 0.6) is 0 Å². The summed E-state index contributed by atoms with van der Waals surface area (Å²) in [6, 6.07) is 19.2. The normalized spacial score (nSPS) is 10.9. The molecule has 0 atom stereocenters. The maximum absolute atomic E-state index is 5.29. The van der Waals surface area contributed by atoms with Gasteiger partial charge in [-0.1, -0.05) is 54.6 Å². The Hall–Kier alpha value is -1.68. The molecule has 100 valence electrons. The van der Waals surface area contributed by atoms with E-state index in [0.717, 1.165) is 13.0 Å². The summed E-state index contributed by atoms with van der Waals surface area (Å²) < 4.78 is 0. The van der Waals surface area contributed by atoms with E-state index in [1.807, 2.05) is 6.07 Å². The number of hydrazine groups is 1. The summed E-state index contributed by atoms with van der Waals surface area (Å²) in [5.41, 5.74) is 6.54. The van der Waals surface area contributed by atoms with Gasteiger partial charge in [0.05, 0.1) is 6.67 Å². The number of nitrogens with zero attached hydrogens (tertiary/aromatic N) is 1. The molecule has 0 bridgehead atoms. The third-order valence-corrected chi connectivity index (χ3v) is 3.20. The molecule has 2 rings (SSSR count). The molecule has 0 aliphatic rings. The van der Waals surface area contributed by atoms with E-state index >= 15 is 0 Å². The molecule has 3 nitrogen and oxygen atoms in total. The summed E-state index contributed by atoms with van der Waals surface area (Å²) in [5, 5.41) is 0. The number of hydrogen-bond acceptors (Lipinski definition) is 3. The fraction of sp³-hybridized carbons (Fsp3) is 0.250. The molecular formula is C16H21N3. The maximum Gasteiger partial charge on any atom is 0.0610 e. The lowest BCUT2D eigenvalue weighted by Gasteiger charge is -2.15. The zero-order valence-corrected chi connectivity index (χ0v) is 11.3. The third kappa shape index (κ3) is 4.17. The molecule has 2 aromatic rings. The van der Waals surface area contributed by atoms with Crippen LogP contribution in [-0.4, -0.2) is 25.2 Å². The zero-order valence-electron chi connectivity index (χ0n) is 11.3. The number of likely N-dealkylation sites (N-methyl/N-ethyl adjacent to an activating group) is 1. The highest BCUT2D eigenvalue weighted by Crippen LogP contribution is 2.19. The average Bonchev–Trinajstić information content (AvgIpc) is 2.47. The molecule has 3 N–H and O–H groups in total. The second kappa shape index (κ2) is 7.04. The highest BCUT2D eigenvalue weighted by Gasteiger charge is 2.00. The Morgan fingerprint density at radius 2 is 1.58 bits per heavy atom. The van der Waals surface area contributed by atoms with Crippen LogP contribution >= 0.6 is 0 Å². The van der Waals surface area contributed by atoms with Crippen molar-refractivity contribution in [1.29, 1.82) is 0 Å². The van der Waals surface area contributed by atoms with Gasteiger partial charge in [0.15, 0.2) is 0 Å². The van der Waals surface area contributed by atoms with Crippen molar-refractivity contribution in [3.63, 3.8) is 0 Å².